The number of hydrogen-bond acceptors (Lipinski definition) is 5. The number of benzene rings is 8. The molecule has 0 radical (unpaired) electrons. The van der Waals surface area contributed by atoms with Crippen LogP contribution in [0, 0.1) is 0 Å². The van der Waals surface area contributed by atoms with Crippen LogP contribution in [0.3, 0.4) is 0 Å². The van der Waals surface area contributed by atoms with Gasteiger partial charge in [-0.15, -0.1) is 11.3 Å². The van der Waals surface area contributed by atoms with Crippen LogP contribution >= 0.6 is 11.3 Å². The Morgan fingerprint density at radius 3 is 1.75 bits per heavy atom. The first-order valence-electron chi connectivity index (χ1n) is 19.0. The molecule has 0 atom stereocenters. The summed E-state index contributed by atoms with van der Waals surface area (Å²) in [5.74, 6) is 1.86. The van der Waals surface area contributed by atoms with Gasteiger partial charge in [0.15, 0.2) is 17.5 Å². The summed E-state index contributed by atoms with van der Waals surface area (Å²) in [7, 11) is 0. The van der Waals surface area contributed by atoms with Crippen LogP contribution in [0.5, 0.6) is 0 Å². The number of furan rings is 1. The number of aromatic nitrogens is 4. The fourth-order valence-electron chi connectivity index (χ4n) is 8.38. The number of rotatable bonds is 5. The minimum Gasteiger partial charge on any atom is -0.456 e. The number of nitrogens with zero attached hydrogens (tertiary/aromatic N) is 4. The van der Waals surface area contributed by atoms with Gasteiger partial charge in [-0.3, -0.25) is 0 Å². The van der Waals surface area contributed by atoms with E-state index in [1.54, 1.807) is 0 Å². The van der Waals surface area contributed by atoms with Crippen molar-refractivity contribution in [1.29, 1.82) is 0 Å². The van der Waals surface area contributed by atoms with Crippen molar-refractivity contribution in [2.45, 2.75) is 0 Å². The van der Waals surface area contributed by atoms with Crippen molar-refractivity contribution in [3.05, 3.63) is 182 Å². The van der Waals surface area contributed by atoms with Crippen molar-refractivity contribution in [3.63, 3.8) is 0 Å². The van der Waals surface area contributed by atoms with Crippen LogP contribution in [0.2, 0.25) is 0 Å². The van der Waals surface area contributed by atoms with Gasteiger partial charge in [-0.2, -0.15) is 0 Å². The third kappa shape index (κ3) is 5.12. The van der Waals surface area contributed by atoms with E-state index in [9.17, 15) is 0 Å². The van der Waals surface area contributed by atoms with E-state index in [0.29, 0.717) is 17.5 Å². The normalized spacial score (nSPS) is 11.9. The average molecular weight is 747 g/mol. The quantitative estimate of drug-likeness (QED) is 0.176. The molecule has 0 N–H and O–H groups in total. The summed E-state index contributed by atoms with van der Waals surface area (Å²) >= 11 is 1.85. The smallest absolute Gasteiger partial charge is 0.164 e. The van der Waals surface area contributed by atoms with Crippen molar-refractivity contribution in [2.24, 2.45) is 0 Å². The van der Waals surface area contributed by atoms with E-state index >= 15 is 0 Å². The molecule has 0 amide bonds. The van der Waals surface area contributed by atoms with Crippen LogP contribution < -0.4 is 0 Å². The highest BCUT2D eigenvalue weighted by Crippen LogP contribution is 2.44. The van der Waals surface area contributed by atoms with Crippen molar-refractivity contribution < 1.29 is 4.42 Å². The molecule has 0 fully saturated rings. The minimum absolute atomic E-state index is 0.605. The summed E-state index contributed by atoms with van der Waals surface area (Å²) in [5, 5.41) is 7.15. The fourth-order valence-corrected chi connectivity index (χ4v) is 9.62. The Labute approximate surface area is 330 Å². The molecule has 0 spiro atoms. The van der Waals surface area contributed by atoms with Gasteiger partial charge in [0.1, 0.15) is 11.2 Å². The molecule has 4 aromatic heterocycles. The van der Waals surface area contributed by atoms with Gasteiger partial charge in [-0.05, 0) is 59.7 Å². The van der Waals surface area contributed by atoms with Gasteiger partial charge >= 0.3 is 0 Å². The van der Waals surface area contributed by atoms with E-state index in [1.165, 1.54) is 36.5 Å². The lowest BCUT2D eigenvalue weighted by Gasteiger charge is -2.15. The molecule has 0 saturated heterocycles. The average Bonchev–Trinajstić information content (AvgIpc) is 3.96. The third-order valence-corrected chi connectivity index (χ3v) is 12.2. The Morgan fingerprint density at radius 1 is 0.386 bits per heavy atom. The molecular formula is C51H30N4OS. The van der Waals surface area contributed by atoms with Crippen molar-refractivity contribution in [1.82, 2.24) is 19.5 Å². The largest absolute Gasteiger partial charge is 0.456 e. The maximum atomic E-state index is 6.26. The second-order valence-electron chi connectivity index (χ2n) is 14.4. The predicted molar refractivity (Wildman–Crippen MR) is 236 cm³/mol. The first-order chi connectivity index (χ1) is 28.2. The summed E-state index contributed by atoms with van der Waals surface area (Å²) in [5.41, 5.74) is 9.99. The van der Waals surface area contributed by atoms with E-state index < -0.39 is 0 Å². The zero-order valence-corrected chi connectivity index (χ0v) is 31.2. The van der Waals surface area contributed by atoms with Gasteiger partial charge in [-0.25, -0.2) is 15.0 Å². The maximum Gasteiger partial charge on any atom is 0.164 e. The first-order valence-corrected chi connectivity index (χ1v) is 19.8. The lowest BCUT2D eigenvalue weighted by Crippen LogP contribution is -2.01. The van der Waals surface area contributed by atoms with Crippen LogP contribution in [0.4, 0.5) is 0 Å². The number of fused-ring (bicyclic) bond motifs is 10. The van der Waals surface area contributed by atoms with Crippen molar-refractivity contribution >= 4 is 75.3 Å². The molecule has 8 aromatic carbocycles. The van der Waals surface area contributed by atoms with Crippen LogP contribution in [-0.4, -0.2) is 19.5 Å². The number of thiophene rings is 1. The lowest BCUT2D eigenvalue weighted by molar-refractivity contribution is 0.669. The Hall–Kier alpha value is -7.41. The molecule has 266 valence electrons. The predicted octanol–water partition coefficient (Wildman–Crippen LogP) is 13.9. The molecule has 12 aromatic rings. The van der Waals surface area contributed by atoms with Gasteiger partial charge in [0.2, 0.25) is 0 Å². The van der Waals surface area contributed by atoms with Gasteiger partial charge in [0.05, 0.1) is 15.7 Å². The molecule has 0 aliphatic carbocycles. The molecule has 57 heavy (non-hydrogen) atoms. The number of hydrogen-bond donors (Lipinski definition) is 0. The second kappa shape index (κ2) is 12.6. The van der Waals surface area contributed by atoms with Crippen molar-refractivity contribution in [2.75, 3.05) is 0 Å². The summed E-state index contributed by atoms with van der Waals surface area (Å²) < 4.78 is 11.2. The molecule has 4 heterocycles. The highest BCUT2D eigenvalue weighted by Gasteiger charge is 2.21. The van der Waals surface area contributed by atoms with E-state index in [0.717, 1.165) is 61.0 Å². The second-order valence-corrected chi connectivity index (χ2v) is 15.5. The Balaban J connectivity index is 1.18. The topological polar surface area (TPSA) is 56.7 Å². The van der Waals surface area contributed by atoms with Crippen LogP contribution in [0.25, 0.3) is 115 Å². The summed E-state index contributed by atoms with van der Waals surface area (Å²) in [6.07, 6.45) is 0. The zero-order chi connectivity index (χ0) is 37.5. The van der Waals surface area contributed by atoms with Crippen LogP contribution in [0.1, 0.15) is 0 Å². The van der Waals surface area contributed by atoms with Gasteiger partial charge in [0, 0.05) is 59.4 Å². The third-order valence-electron chi connectivity index (χ3n) is 11.0. The molecular weight excluding hydrogens is 717 g/mol. The van der Waals surface area contributed by atoms with Crippen molar-refractivity contribution in [3.8, 4) is 51.0 Å². The molecule has 0 saturated carbocycles. The molecule has 6 heteroatoms. The highest BCUT2D eigenvalue weighted by atomic mass is 32.1. The van der Waals surface area contributed by atoms with Gasteiger partial charge in [0.25, 0.3) is 0 Å². The maximum absolute atomic E-state index is 6.26. The Kier molecular flexibility index (Phi) is 7.03. The summed E-state index contributed by atoms with van der Waals surface area (Å²) in [4.78, 5) is 15.4. The standard InChI is InChI=1S/C51H30N4OS/c1-3-13-31(14-4-1)49-52-50(32-15-5-2-6-16-32)54-51(53-49)35-27-34(33-23-26-45-42(30-33)38-18-8-11-21-44(38)56-45)28-36(29-35)55-43-20-10-7-17-37(43)40-24-25-41-39-19-9-12-22-46(39)57-48(41)47(40)55/h1-30H. The highest BCUT2D eigenvalue weighted by molar-refractivity contribution is 7.26. The fraction of sp³-hybridized carbons (Fsp3) is 0. The zero-order valence-electron chi connectivity index (χ0n) is 30.4. The summed E-state index contributed by atoms with van der Waals surface area (Å²) in [6, 6.07) is 63.8. The SMILES string of the molecule is c1ccc(-c2nc(-c3ccccc3)nc(-c3cc(-c4ccc5oc6ccccc6c5c4)cc(-n4c5ccccc5c5ccc6c7ccccc7sc6c54)c3)n2)cc1. The number of para-hydroxylation sites is 2. The molecule has 0 bridgehead atoms. The molecule has 5 nitrogen and oxygen atoms in total. The van der Waals surface area contributed by atoms with E-state index in [2.05, 4.69) is 138 Å². The molecule has 0 aliphatic rings. The monoisotopic (exact) mass is 746 g/mol. The van der Waals surface area contributed by atoms with Crippen LogP contribution in [0.15, 0.2) is 186 Å². The lowest BCUT2D eigenvalue weighted by atomic mass is 9.99. The molecule has 0 unspecified atom stereocenters. The molecule has 0 aliphatic heterocycles. The van der Waals surface area contributed by atoms with E-state index in [1.807, 2.05) is 59.9 Å². The van der Waals surface area contributed by atoms with E-state index in [-0.39, 0.29) is 0 Å². The van der Waals surface area contributed by atoms with Gasteiger partial charge < -0.3 is 8.98 Å². The Bertz CT molecular complexity index is 3470. The van der Waals surface area contributed by atoms with Crippen LogP contribution in [-0.2, 0) is 0 Å². The van der Waals surface area contributed by atoms with E-state index in [4.69, 9.17) is 19.4 Å². The molecule has 12 rings (SSSR count). The Morgan fingerprint density at radius 2 is 0.982 bits per heavy atom. The first kappa shape index (κ1) is 31.9. The summed E-state index contributed by atoms with van der Waals surface area (Å²) in [6.45, 7) is 0. The minimum atomic E-state index is 0.605. The van der Waals surface area contributed by atoms with Gasteiger partial charge in [-0.1, -0.05) is 133 Å².